The lowest BCUT2D eigenvalue weighted by atomic mass is 9.72. The molecule has 2 saturated heterocycles. The number of hydrogen-bond acceptors (Lipinski definition) is 9. The van der Waals surface area contributed by atoms with Crippen LogP contribution in [0.3, 0.4) is 0 Å². The van der Waals surface area contributed by atoms with Crippen LogP contribution in [0.5, 0.6) is 11.5 Å². The van der Waals surface area contributed by atoms with Crippen LogP contribution in [-0.2, 0) is 38.6 Å². The largest absolute Gasteiger partial charge is 0.490 e. The second-order valence-corrected chi connectivity index (χ2v) is 14.0. The van der Waals surface area contributed by atoms with Crippen LogP contribution in [0.15, 0.2) is 48.5 Å². The molecule has 0 radical (unpaired) electrons. The van der Waals surface area contributed by atoms with Crippen molar-refractivity contribution in [3.05, 3.63) is 75.7 Å². The Kier molecular flexibility index (Phi) is 8.49. The highest BCUT2D eigenvalue weighted by Crippen LogP contribution is 2.51. The number of thiophene rings is 1. The van der Waals surface area contributed by atoms with Crippen LogP contribution >= 0.6 is 11.3 Å². The van der Waals surface area contributed by atoms with Gasteiger partial charge in [-0.2, -0.15) is 5.06 Å². The third-order valence-electron chi connectivity index (χ3n) is 9.22. The molecule has 1 aromatic heterocycles. The molecule has 6 rings (SSSR count). The van der Waals surface area contributed by atoms with Gasteiger partial charge in [0.15, 0.2) is 17.6 Å². The maximum absolute atomic E-state index is 14.3. The number of rotatable bonds is 8. The second kappa shape index (κ2) is 12.2. The molecule has 0 unspecified atom stereocenters. The van der Waals surface area contributed by atoms with Gasteiger partial charge in [-0.1, -0.05) is 57.2 Å². The summed E-state index contributed by atoms with van der Waals surface area (Å²) in [5.41, 5.74) is 3.10. The topological polar surface area (TPSA) is 94.6 Å². The van der Waals surface area contributed by atoms with Crippen LogP contribution in [0.4, 0.5) is 5.00 Å². The van der Waals surface area contributed by atoms with Crippen molar-refractivity contribution < 1.29 is 33.4 Å². The van der Waals surface area contributed by atoms with Crippen LogP contribution in [0.1, 0.15) is 72.1 Å². The number of fused-ring (bicyclic) bond motifs is 2. The Balaban J connectivity index is 1.32. The molecule has 2 amide bonds. The Morgan fingerprint density at radius 2 is 1.80 bits per heavy atom. The smallest absolute Gasteiger partial charge is 0.341 e. The minimum absolute atomic E-state index is 0.0949. The fraction of sp³-hybridized carbons (Fsp3) is 0.457. The zero-order valence-electron chi connectivity index (χ0n) is 26.6. The third kappa shape index (κ3) is 5.64. The molecule has 9 nitrogen and oxygen atoms in total. The summed E-state index contributed by atoms with van der Waals surface area (Å²) in [6.45, 7) is 9.37. The molecule has 1 aliphatic carbocycles. The number of nitrogens with zero attached hydrogens (tertiary/aromatic N) is 2. The first-order valence-corrected chi connectivity index (χ1v) is 16.3. The van der Waals surface area contributed by atoms with E-state index in [2.05, 4.69) is 20.8 Å². The molecule has 3 aromatic rings. The first-order valence-electron chi connectivity index (χ1n) is 15.5. The number of hydroxylamine groups is 2. The highest BCUT2D eigenvalue weighted by atomic mass is 32.1. The second-order valence-electron chi connectivity index (χ2n) is 12.9. The quantitative estimate of drug-likeness (QED) is 0.216. The minimum Gasteiger partial charge on any atom is -0.490 e. The summed E-state index contributed by atoms with van der Waals surface area (Å²) in [6.07, 6.45) is 1.40. The summed E-state index contributed by atoms with van der Waals surface area (Å²) in [5, 5.41) is 1.92. The molecule has 2 fully saturated rings. The highest BCUT2D eigenvalue weighted by molar-refractivity contribution is 7.17. The lowest BCUT2D eigenvalue weighted by Gasteiger charge is -2.33. The van der Waals surface area contributed by atoms with Crippen molar-refractivity contribution in [1.82, 2.24) is 5.06 Å². The molecule has 2 aromatic carbocycles. The van der Waals surface area contributed by atoms with E-state index in [0.717, 1.165) is 34.4 Å². The Morgan fingerprint density at radius 1 is 1.04 bits per heavy atom. The molecule has 3 aliphatic rings. The Bertz CT molecular complexity index is 1610. The van der Waals surface area contributed by atoms with Crippen molar-refractivity contribution in [2.24, 2.45) is 17.3 Å². The van der Waals surface area contributed by atoms with E-state index >= 15 is 0 Å². The molecule has 3 heterocycles. The van der Waals surface area contributed by atoms with Gasteiger partial charge < -0.3 is 14.2 Å². The summed E-state index contributed by atoms with van der Waals surface area (Å²) in [5.74, 6) is -0.647. The van der Waals surface area contributed by atoms with Crippen molar-refractivity contribution in [3.8, 4) is 11.5 Å². The number of methoxy groups -OCH3 is 1. The Hall–Kier alpha value is -3.73. The van der Waals surface area contributed by atoms with E-state index < -0.39 is 35.8 Å². The van der Waals surface area contributed by atoms with Gasteiger partial charge in [-0.25, -0.2) is 9.69 Å². The van der Waals surface area contributed by atoms with Crippen molar-refractivity contribution in [2.75, 3.05) is 25.7 Å². The summed E-state index contributed by atoms with van der Waals surface area (Å²) in [4.78, 5) is 49.6. The van der Waals surface area contributed by atoms with E-state index in [1.54, 1.807) is 12.1 Å². The van der Waals surface area contributed by atoms with Gasteiger partial charge in [-0.3, -0.25) is 14.4 Å². The molecular formula is C35H40N2O7S. The van der Waals surface area contributed by atoms with Crippen LogP contribution in [0.25, 0.3) is 0 Å². The SMILES string of the molecule is CCOc1cc([C@@H]2[C@@H]3C(=O)N(c4sc5c(c4C(=O)OC)CC[C@@H](C(C)(C)C)C5)C(=O)[C@@H]3ON2C)ccc1OCc1ccccc1. The van der Waals surface area contributed by atoms with Crippen LogP contribution in [-0.4, -0.2) is 49.7 Å². The van der Waals surface area contributed by atoms with Gasteiger partial charge in [0.1, 0.15) is 11.6 Å². The summed E-state index contributed by atoms with van der Waals surface area (Å²) in [6, 6.07) is 14.9. The minimum atomic E-state index is -1.01. The number of ether oxygens (including phenoxy) is 3. The first-order chi connectivity index (χ1) is 21.5. The normalized spacial score (nSPS) is 23.2. The van der Waals surface area contributed by atoms with E-state index in [1.165, 1.54) is 23.3 Å². The monoisotopic (exact) mass is 632 g/mol. The molecule has 0 spiro atoms. The molecule has 10 heteroatoms. The Labute approximate surface area is 268 Å². The predicted octanol–water partition coefficient (Wildman–Crippen LogP) is 6.14. The maximum atomic E-state index is 14.3. The van der Waals surface area contributed by atoms with Crippen molar-refractivity contribution in [1.29, 1.82) is 0 Å². The number of amides is 2. The number of benzene rings is 2. The van der Waals surface area contributed by atoms with Gasteiger partial charge in [0.05, 0.1) is 31.2 Å². The van der Waals surface area contributed by atoms with E-state index in [0.29, 0.717) is 47.6 Å². The van der Waals surface area contributed by atoms with Crippen LogP contribution in [0.2, 0.25) is 0 Å². The fourth-order valence-electron chi connectivity index (χ4n) is 6.78. The van der Waals surface area contributed by atoms with Crippen molar-refractivity contribution in [3.63, 3.8) is 0 Å². The van der Waals surface area contributed by atoms with Gasteiger partial charge >= 0.3 is 5.97 Å². The average molecular weight is 633 g/mol. The standard InChI is InChI=1S/C35H40N2O7S/c1-7-42-25-17-21(13-16-24(25)43-19-20-11-9-8-10-12-20)29-28-30(44-36(29)5)32(39)37(31(28)38)33-27(34(40)41-6)23-15-14-22(35(2,3)4)18-26(23)45-33/h8-13,16-17,22,28-30H,7,14-15,18-19H2,1-6H3/t22-,28+,29-,30-/m1/s1. The van der Waals surface area contributed by atoms with Crippen LogP contribution in [0, 0.1) is 17.3 Å². The van der Waals surface area contributed by atoms with E-state index in [9.17, 15) is 14.4 Å². The number of hydrogen-bond donors (Lipinski definition) is 0. The number of carbonyl (C=O) groups excluding carboxylic acids is 3. The summed E-state index contributed by atoms with van der Waals surface area (Å²) in [7, 11) is 3.06. The van der Waals surface area contributed by atoms with Gasteiger partial charge in [0.25, 0.3) is 5.91 Å². The highest BCUT2D eigenvalue weighted by Gasteiger charge is 2.60. The van der Waals surface area contributed by atoms with Gasteiger partial charge in [0, 0.05) is 11.9 Å². The maximum Gasteiger partial charge on any atom is 0.341 e. The molecule has 2 aliphatic heterocycles. The third-order valence-corrected chi connectivity index (χ3v) is 10.5. The van der Waals surface area contributed by atoms with Gasteiger partial charge in [-0.15, -0.1) is 11.3 Å². The molecule has 0 saturated carbocycles. The van der Waals surface area contributed by atoms with Crippen LogP contribution < -0.4 is 14.4 Å². The zero-order valence-corrected chi connectivity index (χ0v) is 27.4. The van der Waals surface area contributed by atoms with Gasteiger partial charge in [0.2, 0.25) is 5.91 Å². The van der Waals surface area contributed by atoms with Crippen molar-refractivity contribution in [2.45, 2.75) is 65.7 Å². The average Bonchev–Trinajstić information content (AvgIpc) is 3.64. The lowest BCUT2D eigenvalue weighted by Crippen LogP contribution is -2.36. The zero-order chi connectivity index (χ0) is 32.0. The first kappa shape index (κ1) is 31.3. The number of esters is 1. The number of carbonyl (C=O) groups is 3. The molecule has 238 valence electrons. The van der Waals surface area contributed by atoms with Gasteiger partial charge in [-0.05, 0) is 66.3 Å². The number of imide groups is 1. The Morgan fingerprint density at radius 3 is 2.49 bits per heavy atom. The summed E-state index contributed by atoms with van der Waals surface area (Å²) < 4.78 is 17.2. The van der Waals surface area contributed by atoms with E-state index in [4.69, 9.17) is 19.0 Å². The molecule has 4 atom stereocenters. The number of anilines is 1. The summed E-state index contributed by atoms with van der Waals surface area (Å²) >= 11 is 1.36. The van der Waals surface area contributed by atoms with Crippen molar-refractivity contribution >= 4 is 34.1 Å². The van der Waals surface area contributed by atoms with E-state index in [1.807, 2.05) is 55.5 Å². The molecule has 45 heavy (non-hydrogen) atoms. The fourth-order valence-corrected chi connectivity index (χ4v) is 8.20. The molecular weight excluding hydrogens is 592 g/mol. The lowest BCUT2D eigenvalue weighted by molar-refractivity contribution is -0.160. The molecule has 0 bridgehead atoms. The van der Waals surface area contributed by atoms with E-state index in [-0.39, 0.29) is 5.41 Å². The predicted molar refractivity (Wildman–Crippen MR) is 170 cm³/mol. The molecule has 0 N–H and O–H groups in total.